The first-order chi connectivity index (χ1) is 8.61. The van der Waals surface area contributed by atoms with E-state index in [9.17, 15) is 5.11 Å². The van der Waals surface area contributed by atoms with Crippen molar-refractivity contribution in [2.24, 2.45) is 0 Å². The maximum atomic E-state index is 9.72. The Morgan fingerprint density at radius 2 is 2.28 bits per heavy atom. The van der Waals surface area contributed by atoms with Crippen LogP contribution in [0.3, 0.4) is 0 Å². The molecule has 2 heterocycles. The lowest BCUT2D eigenvalue weighted by Gasteiger charge is -2.21. The molecule has 0 aliphatic carbocycles. The van der Waals surface area contributed by atoms with E-state index in [0.29, 0.717) is 12.5 Å². The van der Waals surface area contributed by atoms with Crippen LogP contribution in [0.25, 0.3) is 0 Å². The fraction of sp³-hybridized carbons (Fsp3) is 0.643. The van der Waals surface area contributed by atoms with Crippen LogP contribution >= 0.6 is 0 Å². The molecule has 1 N–H and O–H groups in total. The predicted molar refractivity (Wildman–Crippen MR) is 73.8 cm³/mol. The molecular formula is C14H23N3O. The van der Waals surface area contributed by atoms with Gasteiger partial charge in [0.15, 0.2) is 0 Å². The van der Waals surface area contributed by atoms with E-state index in [2.05, 4.69) is 34.9 Å². The number of pyridine rings is 1. The highest BCUT2D eigenvalue weighted by molar-refractivity contribution is 5.46. The minimum Gasteiger partial charge on any atom is -0.387 e. The largest absolute Gasteiger partial charge is 0.387 e. The molecule has 4 nitrogen and oxygen atoms in total. The molecule has 1 aliphatic heterocycles. The van der Waals surface area contributed by atoms with E-state index in [1.54, 1.807) is 0 Å². The Morgan fingerprint density at radius 3 is 2.78 bits per heavy atom. The van der Waals surface area contributed by atoms with Gasteiger partial charge in [-0.25, -0.2) is 0 Å². The van der Waals surface area contributed by atoms with Gasteiger partial charge in [-0.3, -0.25) is 4.98 Å². The summed E-state index contributed by atoms with van der Waals surface area (Å²) in [7, 11) is 4.26. The van der Waals surface area contributed by atoms with E-state index in [1.165, 1.54) is 6.42 Å². The molecule has 1 aliphatic rings. The number of hydrogen-bond donors (Lipinski definition) is 1. The molecule has 100 valence electrons. The molecule has 2 unspecified atom stereocenters. The smallest absolute Gasteiger partial charge is 0.0957 e. The van der Waals surface area contributed by atoms with Crippen LogP contribution in [0.1, 0.15) is 31.6 Å². The van der Waals surface area contributed by atoms with Gasteiger partial charge in [0.25, 0.3) is 0 Å². The Bertz CT molecular complexity index is 377. The lowest BCUT2D eigenvalue weighted by molar-refractivity contribution is 0.169. The van der Waals surface area contributed by atoms with Crippen LogP contribution in [0, 0.1) is 0 Å². The molecule has 0 amide bonds. The van der Waals surface area contributed by atoms with Crippen LogP contribution in [0.2, 0.25) is 0 Å². The van der Waals surface area contributed by atoms with Crippen LogP contribution < -0.4 is 4.90 Å². The third kappa shape index (κ3) is 2.82. The van der Waals surface area contributed by atoms with Gasteiger partial charge in [-0.15, -0.1) is 0 Å². The van der Waals surface area contributed by atoms with E-state index in [0.717, 1.165) is 24.5 Å². The lowest BCUT2D eigenvalue weighted by atomic mass is 10.2. The van der Waals surface area contributed by atoms with Crippen LogP contribution in [0.15, 0.2) is 18.3 Å². The molecule has 0 saturated carbocycles. The van der Waals surface area contributed by atoms with Crippen LogP contribution in [0.5, 0.6) is 0 Å². The van der Waals surface area contributed by atoms with E-state index in [4.69, 9.17) is 0 Å². The Balaban J connectivity index is 2.02. The summed E-state index contributed by atoms with van der Waals surface area (Å²) in [6.45, 7) is 4.10. The Kier molecular flexibility index (Phi) is 4.19. The molecule has 1 aromatic rings. The van der Waals surface area contributed by atoms with Gasteiger partial charge < -0.3 is 14.9 Å². The molecule has 2 rings (SSSR count). The minimum absolute atomic E-state index is 0.438. The summed E-state index contributed by atoms with van der Waals surface area (Å²) in [4.78, 5) is 9.00. The van der Waals surface area contributed by atoms with E-state index < -0.39 is 6.10 Å². The molecule has 1 fully saturated rings. The van der Waals surface area contributed by atoms with Crippen LogP contribution in [-0.2, 0) is 0 Å². The third-order valence-corrected chi connectivity index (χ3v) is 3.76. The van der Waals surface area contributed by atoms with Crippen molar-refractivity contribution in [3.05, 3.63) is 24.0 Å². The summed E-state index contributed by atoms with van der Waals surface area (Å²) in [6, 6.07) is 4.64. The first-order valence-electron chi connectivity index (χ1n) is 6.67. The highest BCUT2D eigenvalue weighted by Gasteiger charge is 2.24. The number of aromatic nitrogens is 1. The average molecular weight is 249 g/mol. The number of hydrogen-bond acceptors (Lipinski definition) is 4. The highest BCUT2D eigenvalue weighted by atomic mass is 16.3. The SMILES string of the molecule is CCC(O)c1ccc(N2CCC(N(C)C)C2)cn1. The molecule has 1 saturated heterocycles. The average Bonchev–Trinajstić information content (AvgIpc) is 2.88. The van der Waals surface area contributed by atoms with Gasteiger partial charge >= 0.3 is 0 Å². The molecule has 1 aromatic heterocycles. The van der Waals surface area contributed by atoms with Crippen molar-refractivity contribution >= 4 is 5.69 Å². The van der Waals surface area contributed by atoms with Crippen LogP contribution in [-0.4, -0.2) is 48.2 Å². The maximum Gasteiger partial charge on any atom is 0.0957 e. The highest BCUT2D eigenvalue weighted by Crippen LogP contribution is 2.23. The van der Waals surface area contributed by atoms with E-state index >= 15 is 0 Å². The zero-order valence-electron chi connectivity index (χ0n) is 11.5. The molecule has 0 spiro atoms. The second-order valence-corrected chi connectivity index (χ2v) is 5.22. The molecule has 0 radical (unpaired) electrons. The van der Waals surface area contributed by atoms with Gasteiger partial charge in [0.05, 0.1) is 23.7 Å². The van der Waals surface area contributed by atoms with Gasteiger partial charge in [-0.2, -0.15) is 0 Å². The summed E-state index contributed by atoms with van der Waals surface area (Å²) >= 11 is 0. The number of rotatable bonds is 4. The standard InChI is InChI=1S/C14H23N3O/c1-4-14(18)13-6-5-11(9-15-13)17-8-7-12(10-17)16(2)3/h5-6,9,12,14,18H,4,7-8,10H2,1-3H3. The van der Waals surface area contributed by atoms with Crippen molar-refractivity contribution < 1.29 is 5.11 Å². The van der Waals surface area contributed by atoms with Gasteiger partial charge in [-0.1, -0.05) is 6.92 Å². The number of aliphatic hydroxyl groups is 1. The van der Waals surface area contributed by atoms with Crippen molar-refractivity contribution in [2.45, 2.75) is 31.9 Å². The number of anilines is 1. The van der Waals surface area contributed by atoms with Gasteiger partial charge in [0, 0.05) is 19.1 Å². The summed E-state index contributed by atoms with van der Waals surface area (Å²) < 4.78 is 0. The number of nitrogens with zero attached hydrogens (tertiary/aromatic N) is 3. The van der Waals surface area contributed by atoms with Gasteiger partial charge in [0.2, 0.25) is 0 Å². The minimum atomic E-state index is -0.438. The molecule has 4 heteroatoms. The topological polar surface area (TPSA) is 39.6 Å². The summed E-state index contributed by atoms with van der Waals surface area (Å²) in [5.74, 6) is 0. The first-order valence-corrected chi connectivity index (χ1v) is 6.67. The van der Waals surface area contributed by atoms with Crippen molar-refractivity contribution in [3.8, 4) is 0 Å². The molecular weight excluding hydrogens is 226 g/mol. The fourth-order valence-electron chi connectivity index (χ4n) is 2.39. The maximum absolute atomic E-state index is 9.72. The second kappa shape index (κ2) is 5.67. The van der Waals surface area contributed by atoms with E-state index in [-0.39, 0.29) is 0 Å². The van der Waals surface area contributed by atoms with Crippen LogP contribution in [0.4, 0.5) is 5.69 Å². The zero-order chi connectivity index (χ0) is 13.1. The zero-order valence-corrected chi connectivity index (χ0v) is 11.5. The number of likely N-dealkylation sites (N-methyl/N-ethyl adjacent to an activating group) is 1. The second-order valence-electron chi connectivity index (χ2n) is 5.22. The summed E-state index contributed by atoms with van der Waals surface area (Å²) in [6.07, 6.45) is 3.35. The van der Waals surface area contributed by atoms with Crippen molar-refractivity contribution in [3.63, 3.8) is 0 Å². The van der Waals surface area contributed by atoms with Gasteiger partial charge in [-0.05, 0) is 39.1 Å². The fourth-order valence-corrected chi connectivity index (χ4v) is 2.39. The third-order valence-electron chi connectivity index (χ3n) is 3.76. The Hall–Kier alpha value is -1.13. The normalized spacial score (nSPS) is 21.6. The first kappa shape index (κ1) is 13.3. The monoisotopic (exact) mass is 249 g/mol. The Morgan fingerprint density at radius 1 is 1.50 bits per heavy atom. The molecule has 0 bridgehead atoms. The molecule has 18 heavy (non-hydrogen) atoms. The van der Waals surface area contributed by atoms with E-state index in [1.807, 2.05) is 19.2 Å². The van der Waals surface area contributed by atoms with Crippen molar-refractivity contribution in [2.75, 3.05) is 32.1 Å². The number of aliphatic hydroxyl groups excluding tert-OH is 1. The van der Waals surface area contributed by atoms with Gasteiger partial charge in [0.1, 0.15) is 0 Å². The molecule has 0 aromatic carbocycles. The summed E-state index contributed by atoms with van der Waals surface area (Å²) in [5.41, 5.74) is 1.93. The summed E-state index contributed by atoms with van der Waals surface area (Å²) in [5, 5.41) is 9.72. The Labute approximate surface area is 109 Å². The lowest BCUT2D eigenvalue weighted by Crippen LogP contribution is -2.31. The molecule has 2 atom stereocenters. The predicted octanol–water partition coefficient (Wildman–Crippen LogP) is 1.67. The van der Waals surface area contributed by atoms with Crippen molar-refractivity contribution in [1.82, 2.24) is 9.88 Å². The quantitative estimate of drug-likeness (QED) is 0.881. The van der Waals surface area contributed by atoms with Crippen molar-refractivity contribution in [1.29, 1.82) is 0 Å².